The zero-order chi connectivity index (χ0) is 16.6. The SMILES string of the molecule is CC1(C)CC(=O)C(C(c2ccc(Br)cc2)N2CCCC2)=C(O)C1. The third kappa shape index (κ3) is 3.53. The second-order valence-corrected chi connectivity index (χ2v) is 8.41. The maximum Gasteiger partial charge on any atom is 0.164 e. The van der Waals surface area contributed by atoms with Gasteiger partial charge in [-0.15, -0.1) is 0 Å². The van der Waals surface area contributed by atoms with Crippen LogP contribution >= 0.6 is 15.9 Å². The molecule has 1 fully saturated rings. The van der Waals surface area contributed by atoms with Gasteiger partial charge in [-0.05, 0) is 49.0 Å². The van der Waals surface area contributed by atoms with Gasteiger partial charge < -0.3 is 5.11 Å². The Morgan fingerprint density at radius 3 is 2.30 bits per heavy atom. The molecule has 0 bridgehead atoms. The summed E-state index contributed by atoms with van der Waals surface area (Å²) in [6, 6.07) is 8.01. The number of likely N-dealkylation sites (tertiary alicyclic amines) is 1. The molecule has 1 aliphatic heterocycles. The minimum atomic E-state index is -0.153. The largest absolute Gasteiger partial charge is 0.512 e. The molecule has 1 heterocycles. The van der Waals surface area contributed by atoms with E-state index in [2.05, 4.69) is 33.0 Å². The van der Waals surface area contributed by atoms with E-state index >= 15 is 0 Å². The number of nitrogens with zero attached hydrogens (tertiary/aromatic N) is 1. The fourth-order valence-electron chi connectivity index (χ4n) is 3.82. The van der Waals surface area contributed by atoms with Gasteiger partial charge in [0.05, 0.1) is 11.6 Å². The van der Waals surface area contributed by atoms with Crippen molar-refractivity contribution in [2.75, 3.05) is 13.1 Å². The van der Waals surface area contributed by atoms with Crippen LogP contribution in [0.1, 0.15) is 51.1 Å². The highest BCUT2D eigenvalue weighted by Gasteiger charge is 2.39. The van der Waals surface area contributed by atoms with Gasteiger partial charge in [0, 0.05) is 17.3 Å². The molecule has 3 nitrogen and oxygen atoms in total. The van der Waals surface area contributed by atoms with Crippen molar-refractivity contribution in [3.8, 4) is 0 Å². The van der Waals surface area contributed by atoms with Gasteiger partial charge in [0.2, 0.25) is 0 Å². The minimum absolute atomic E-state index is 0.0959. The maximum atomic E-state index is 12.8. The standard InChI is InChI=1S/C19H24BrNO2/c1-19(2)11-15(22)17(16(23)12-19)18(21-9-3-4-10-21)13-5-7-14(20)8-6-13/h5-8,18,22H,3-4,9-12H2,1-2H3. The van der Waals surface area contributed by atoms with Gasteiger partial charge in [0.1, 0.15) is 5.76 Å². The summed E-state index contributed by atoms with van der Waals surface area (Å²) < 4.78 is 1.02. The zero-order valence-electron chi connectivity index (χ0n) is 13.8. The van der Waals surface area contributed by atoms with E-state index in [1.54, 1.807) is 0 Å². The first-order chi connectivity index (χ1) is 10.9. The number of halogens is 1. The number of rotatable bonds is 3. The Labute approximate surface area is 146 Å². The molecule has 1 unspecified atom stereocenters. The first kappa shape index (κ1) is 16.7. The van der Waals surface area contributed by atoms with Crippen LogP contribution in [0.4, 0.5) is 0 Å². The first-order valence-corrected chi connectivity index (χ1v) is 9.11. The molecule has 0 radical (unpaired) electrons. The molecule has 0 aromatic heterocycles. The van der Waals surface area contributed by atoms with Crippen molar-refractivity contribution < 1.29 is 9.90 Å². The van der Waals surface area contributed by atoms with Gasteiger partial charge in [-0.1, -0.05) is 41.9 Å². The molecular formula is C19H24BrNO2. The third-order valence-corrected chi connectivity index (χ3v) is 5.39. The zero-order valence-corrected chi connectivity index (χ0v) is 15.4. The smallest absolute Gasteiger partial charge is 0.164 e. The lowest BCUT2D eigenvalue weighted by atomic mass is 9.74. The number of carbonyl (C=O) groups is 1. The third-order valence-electron chi connectivity index (χ3n) is 4.86. The molecule has 1 aromatic carbocycles. The number of aliphatic hydroxyl groups excluding tert-OH is 1. The van der Waals surface area contributed by atoms with Gasteiger partial charge in [0.25, 0.3) is 0 Å². The lowest BCUT2D eigenvalue weighted by Gasteiger charge is -2.36. The van der Waals surface area contributed by atoms with Crippen molar-refractivity contribution in [2.45, 2.75) is 45.6 Å². The van der Waals surface area contributed by atoms with Crippen LogP contribution in [0.2, 0.25) is 0 Å². The summed E-state index contributed by atoms with van der Waals surface area (Å²) in [5.41, 5.74) is 1.55. The molecule has 1 atom stereocenters. The summed E-state index contributed by atoms with van der Waals surface area (Å²) >= 11 is 3.47. The van der Waals surface area contributed by atoms with E-state index in [1.165, 1.54) is 0 Å². The Balaban J connectivity index is 2.04. The quantitative estimate of drug-likeness (QED) is 0.823. The lowest BCUT2D eigenvalue weighted by molar-refractivity contribution is -0.119. The number of aliphatic hydroxyl groups is 1. The molecule has 1 saturated heterocycles. The molecule has 124 valence electrons. The summed E-state index contributed by atoms with van der Waals surface area (Å²) in [4.78, 5) is 15.1. The van der Waals surface area contributed by atoms with Crippen LogP contribution in [0.15, 0.2) is 40.1 Å². The molecule has 2 aliphatic rings. The van der Waals surface area contributed by atoms with Gasteiger partial charge in [-0.25, -0.2) is 0 Å². The molecule has 0 spiro atoms. The lowest BCUT2D eigenvalue weighted by Crippen LogP contribution is -2.35. The van der Waals surface area contributed by atoms with Crippen molar-refractivity contribution in [2.24, 2.45) is 5.41 Å². The fraction of sp³-hybridized carbons (Fsp3) is 0.526. The van der Waals surface area contributed by atoms with Crippen molar-refractivity contribution in [3.05, 3.63) is 45.6 Å². The Kier molecular flexibility index (Phi) is 4.65. The van der Waals surface area contributed by atoms with E-state index in [1.807, 2.05) is 26.0 Å². The number of ketones is 1. The molecule has 1 aliphatic carbocycles. The van der Waals surface area contributed by atoms with Gasteiger partial charge in [-0.3, -0.25) is 9.69 Å². The normalized spacial score (nSPS) is 23.3. The molecular weight excluding hydrogens is 354 g/mol. The Hall–Kier alpha value is -1.13. The van der Waals surface area contributed by atoms with Crippen LogP contribution in [0.5, 0.6) is 0 Å². The Bertz CT molecular complexity index is 627. The Morgan fingerprint density at radius 2 is 1.74 bits per heavy atom. The molecule has 4 heteroatoms. The summed E-state index contributed by atoms with van der Waals surface area (Å²) in [6.45, 7) is 6.05. The van der Waals surface area contributed by atoms with Crippen molar-refractivity contribution in [3.63, 3.8) is 0 Å². The molecule has 0 saturated carbocycles. The second-order valence-electron chi connectivity index (χ2n) is 7.50. The molecule has 23 heavy (non-hydrogen) atoms. The van der Waals surface area contributed by atoms with Gasteiger partial charge in [0.15, 0.2) is 5.78 Å². The van der Waals surface area contributed by atoms with Crippen molar-refractivity contribution in [1.82, 2.24) is 4.90 Å². The monoisotopic (exact) mass is 377 g/mol. The summed E-state index contributed by atoms with van der Waals surface area (Å²) in [5.74, 6) is 0.379. The van der Waals surface area contributed by atoms with Crippen molar-refractivity contribution in [1.29, 1.82) is 0 Å². The second kappa shape index (κ2) is 6.40. The topological polar surface area (TPSA) is 40.5 Å². The fourth-order valence-corrected chi connectivity index (χ4v) is 4.08. The molecule has 3 rings (SSSR count). The number of Topliss-reactive ketones (excluding diaryl/α,β-unsaturated/α-hetero) is 1. The van der Waals surface area contributed by atoms with Gasteiger partial charge in [-0.2, -0.15) is 0 Å². The van der Waals surface area contributed by atoms with E-state index in [-0.39, 0.29) is 23.0 Å². The average Bonchev–Trinajstić information content (AvgIpc) is 2.96. The maximum absolute atomic E-state index is 12.8. The van der Waals surface area contributed by atoms with Crippen LogP contribution in [-0.2, 0) is 4.79 Å². The van der Waals surface area contributed by atoms with Crippen LogP contribution in [0, 0.1) is 5.41 Å². The predicted octanol–water partition coefficient (Wildman–Crippen LogP) is 4.79. The average molecular weight is 378 g/mol. The number of carbonyl (C=O) groups excluding carboxylic acids is 1. The van der Waals surface area contributed by atoms with E-state index in [9.17, 15) is 9.90 Å². The van der Waals surface area contributed by atoms with E-state index in [4.69, 9.17) is 0 Å². The number of hydrogen-bond acceptors (Lipinski definition) is 3. The minimum Gasteiger partial charge on any atom is -0.512 e. The number of allylic oxidation sites excluding steroid dienone is 1. The molecule has 1 aromatic rings. The highest BCUT2D eigenvalue weighted by Crippen LogP contribution is 2.42. The molecule has 1 N–H and O–H groups in total. The summed E-state index contributed by atoms with van der Waals surface area (Å²) in [6.07, 6.45) is 3.39. The highest BCUT2D eigenvalue weighted by atomic mass is 79.9. The van der Waals surface area contributed by atoms with Crippen LogP contribution < -0.4 is 0 Å². The van der Waals surface area contributed by atoms with E-state index in [0.29, 0.717) is 18.4 Å². The highest BCUT2D eigenvalue weighted by molar-refractivity contribution is 9.10. The van der Waals surface area contributed by atoms with Gasteiger partial charge >= 0.3 is 0 Å². The Morgan fingerprint density at radius 1 is 1.13 bits per heavy atom. The van der Waals surface area contributed by atoms with Crippen LogP contribution in [0.25, 0.3) is 0 Å². The number of benzene rings is 1. The van der Waals surface area contributed by atoms with Crippen LogP contribution in [-0.4, -0.2) is 28.9 Å². The number of hydrogen-bond donors (Lipinski definition) is 1. The van der Waals surface area contributed by atoms with E-state index < -0.39 is 0 Å². The first-order valence-electron chi connectivity index (χ1n) is 8.32. The predicted molar refractivity (Wildman–Crippen MR) is 95.4 cm³/mol. The van der Waals surface area contributed by atoms with Crippen molar-refractivity contribution >= 4 is 21.7 Å². The van der Waals surface area contributed by atoms with E-state index in [0.717, 1.165) is 36.0 Å². The van der Waals surface area contributed by atoms with Crippen LogP contribution in [0.3, 0.4) is 0 Å². The summed E-state index contributed by atoms with van der Waals surface area (Å²) in [7, 11) is 0. The summed E-state index contributed by atoms with van der Waals surface area (Å²) in [5, 5.41) is 10.6. The molecule has 0 amide bonds.